The first-order chi connectivity index (χ1) is 12.5. The van der Waals surface area contributed by atoms with E-state index in [1.54, 1.807) is 34.5 Å². The van der Waals surface area contributed by atoms with E-state index in [-0.39, 0.29) is 18.0 Å². The van der Waals surface area contributed by atoms with Gasteiger partial charge in [0.05, 0.1) is 11.9 Å². The number of aromatic nitrogens is 4. The average Bonchev–Trinajstić information content (AvgIpc) is 2.90. The number of nitrogens with zero attached hydrogens (tertiary/aromatic N) is 7. The quantitative estimate of drug-likeness (QED) is 0.751. The summed E-state index contributed by atoms with van der Waals surface area (Å²) in [6, 6.07) is 3.26. The first kappa shape index (κ1) is 17.8. The van der Waals surface area contributed by atoms with E-state index in [1.165, 1.54) is 10.7 Å². The van der Waals surface area contributed by atoms with Gasteiger partial charge in [-0.25, -0.2) is 14.6 Å². The van der Waals surface area contributed by atoms with Crippen molar-refractivity contribution in [3.05, 3.63) is 41.1 Å². The Morgan fingerprint density at radius 2 is 1.92 bits per heavy atom. The highest BCUT2D eigenvalue weighted by molar-refractivity contribution is 5.76. The van der Waals surface area contributed by atoms with E-state index >= 15 is 0 Å². The fourth-order valence-corrected chi connectivity index (χ4v) is 2.84. The molecule has 2 aromatic rings. The molecule has 0 unspecified atom stereocenters. The van der Waals surface area contributed by atoms with E-state index in [9.17, 15) is 9.59 Å². The lowest BCUT2D eigenvalue weighted by molar-refractivity contribution is -0.131. The second-order valence-electron chi connectivity index (χ2n) is 6.37. The molecular formula is C17H23N7O2. The Morgan fingerprint density at radius 3 is 2.62 bits per heavy atom. The molecule has 138 valence electrons. The van der Waals surface area contributed by atoms with Crippen molar-refractivity contribution < 1.29 is 4.79 Å². The molecule has 1 aliphatic rings. The molecule has 0 aliphatic carbocycles. The summed E-state index contributed by atoms with van der Waals surface area (Å²) < 4.78 is 1.21. The van der Waals surface area contributed by atoms with Crippen LogP contribution in [0.4, 0.5) is 11.6 Å². The van der Waals surface area contributed by atoms with E-state index in [1.807, 2.05) is 14.1 Å². The van der Waals surface area contributed by atoms with Crippen LogP contribution in [0.15, 0.2) is 35.5 Å². The van der Waals surface area contributed by atoms with Gasteiger partial charge in [0, 0.05) is 58.7 Å². The minimum absolute atomic E-state index is 0.0472. The minimum Gasteiger partial charge on any atom is -0.376 e. The predicted octanol–water partition coefficient (Wildman–Crippen LogP) is -0.162. The van der Waals surface area contributed by atoms with Gasteiger partial charge in [0.1, 0.15) is 6.54 Å². The van der Waals surface area contributed by atoms with Crippen LogP contribution >= 0.6 is 0 Å². The fraction of sp³-hybridized carbons (Fsp3) is 0.471. The maximum absolute atomic E-state index is 12.6. The first-order valence-electron chi connectivity index (χ1n) is 8.59. The van der Waals surface area contributed by atoms with Crippen LogP contribution in [0.2, 0.25) is 0 Å². The summed E-state index contributed by atoms with van der Waals surface area (Å²) in [5, 5.41) is 4.10. The Morgan fingerprint density at radius 1 is 1.15 bits per heavy atom. The summed E-state index contributed by atoms with van der Waals surface area (Å²) in [5.41, 5.74) is 0.436. The summed E-state index contributed by atoms with van der Waals surface area (Å²) >= 11 is 0. The topological polar surface area (TPSA) is 87.5 Å². The highest BCUT2D eigenvalue weighted by Crippen LogP contribution is 2.10. The number of rotatable bonds is 4. The Labute approximate surface area is 151 Å². The summed E-state index contributed by atoms with van der Waals surface area (Å²) in [6.45, 7) is 2.63. The van der Waals surface area contributed by atoms with Gasteiger partial charge in [-0.3, -0.25) is 9.59 Å². The lowest BCUT2D eigenvalue weighted by Crippen LogP contribution is -2.39. The maximum atomic E-state index is 12.6. The van der Waals surface area contributed by atoms with Crippen LogP contribution in [0, 0.1) is 0 Å². The van der Waals surface area contributed by atoms with Gasteiger partial charge in [-0.15, -0.1) is 0 Å². The third kappa shape index (κ3) is 4.16. The third-order valence-corrected chi connectivity index (χ3v) is 4.34. The summed E-state index contributed by atoms with van der Waals surface area (Å²) in [4.78, 5) is 38.9. The van der Waals surface area contributed by atoms with Crippen molar-refractivity contribution in [2.45, 2.75) is 13.0 Å². The normalized spacial score (nSPS) is 14.8. The van der Waals surface area contributed by atoms with Gasteiger partial charge >= 0.3 is 0 Å². The van der Waals surface area contributed by atoms with E-state index in [0.29, 0.717) is 31.3 Å². The van der Waals surface area contributed by atoms with Crippen LogP contribution < -0.4 is 15.4 Å². The average molecular weight is 357 g/mol. The Bertz CT molecular complexity index is 806. The molecule has 9 nitrogen and oxygen atoms in total. The SMILES string of the molecule is CN(C)c1cnn(CC(=O)N2CCCN(c3ncccn3)CC2)c(=O)c1. The van der Waals surface area contributed by atoms with Crippen molar-refractivity contribution in [1.29, 1.82) is 0 Å². The molecule has 2 aromatic heterocycles. The van der Waals surface area contributed by atoms with Gasteiger partial charge in [-0.05, 0) is 12.5 Å². The highest BCUT2D eigenvalue weighted by atomic mass is 16.2. The number of hydrogen-bond acceptors (Lipinski definition) is 7. The van der Waals surface area contributed by atoms with Crippen molar-refractivity contribution in [3.63, 3.8) is 0 Å². The lowest BCUT2D eigenvalue weighted by Gasteiger charge is -2.22. The molecule has 3 heterocycles. The summed E-state index contributed by atoms with van der Waals surface area (Å²) in [7, 11) is 3.68. The zero-order valence-corrected chi connectivity index (χ0v) is 15.1. The van der Waals surface area contributed by atoms with Crippen molar-refractivity contribution in [3.8, 4) is 0 Å². The van der Waals surface area contributed by atoms with Crippen molar-refractivity contribution in [2.75, 3.05) is 50.1 Å². The number of carbonyl (C=O) groups is 1. The van der Waals surface area contributed by atoms with Gasteiger partial charge in [0.25, 0.3) is 5.56 Å². The second-order valence-corrected chi connectivity index (χ2v) is 6.37. The summed E-state index contributed by atoms with van der Waals surface area (Å²) in [5.74, 6) is 0.576. The lowest BCUT2D eigenvalue weighted by atomic mass is 10.3. The molecule has 0 radical (unpaired) electrons. The number of hydrogen-bond donors (Lipinski definition) is 0. The van der Waals surface area contributed by atoms with Crippen LogP contribution in [0.3, 0.4) is 0 Å². The van der Waals surface area contributed by atoms with Crippen molar-refractivity contribution in [1.82, 2.24) is 24.6 Å². The van der Waals surface area contributed by atoms with E-state index < -0.39 is 0 Å². The smallest absolute Gasteiger partial charge is 0.269 e. The molecular weight excluding hydrogens is 334 g/mol. The first-order valence-corrected chi connectivity index (χ1v) is 8.59. The van der Waals surface area contributed by atoms with Gasteiger partial charge in [-0.1, -0.05) is 0 Å². The number of anilines is 2. The molecule has 1 aliphatic heterocycles. The van der Waals surface area contributed by atoms with Gasteiger partial charge in [0.15, 0.2) is 0 Å². The Balaban J connectivity index is 1.63. The molecule has 0 atom stereocenters. The Kier molecular flexibility index (Phi) is 5.45. The maximum Gasteiger partial charge on any atom is 0.269 e. The summed E-state index contributed by atoms with van der Waals surface area (Å²) in [6.07, 6.45) is 5.84. The van der Waals surface area contributed by atoms with Crippen LogP contribution in [-0.4, -0.2) is 70.8 Å². The molecule has 0 N–H and O–H groups in total. The molecule has 0 bridgehead atoms. The monoisotopic (exact) mass is 357 g/mol. The van der Waals surface area contributed by atoms with E-state index in [2.05, 4.69) is 20.0 Å². The van der Waals surface area contributed by atoms with Gasteiger partial charge in [0.2, 0.25) is 11.9 Å². The van der Waals surface area contributed by atoms with E-state index in [0.717, 1.165) is 13.0 Å². The Hall–Kier alpha value is -2.97. The second kappa shape index (κ2) is 7.94. The molecule has 1 saturated heterocycles. The van der Waals surface area contributed by atoms with Gasteiger partial charge in [-0.2, -0.15) is 5.10 Å². The van der Waals surface area contributed by atoms with Crippen LogP contribution in [0.25, 0.3) is 0 Å². The predicted molar refractivity (Wildman–Crippen MR) is 98.3 cm³/mol. The molecule has 3 rings (SSSR count). The standard InChI is InChI=1S/C17H23N7O2/c1-21(2)14-11-15(25)24(20-12-14)13-16(26)22-7-4-8-23(10-9-22)17-18-5-3-6-19-17/h3,5-6,11-12H,4,7-10,13H2,1-2H3. The molecule has 1 fully saturated rings. The number of carbonyl (C=O) groups excluding carboxylic acids is 1. The molecule has 9 heteroatoms. The van der Waals surface area contributed by atoms with Crippen LogP contribution in [-0.2, 0) is 11.3 Å². The molecule has 0 aromatic carbocycles. The molecule has 0 saturated carbocycles. The number of amides is 1. The fourth-order valence-electron chi connectivity index (χ4n) is 2.84. The molecule has 0 spiro atoms. The van der Waals surface area contributed by atoms with Gasteiger partial charge < -0.3 is 14.7 Å². The third-order valence-electron chi connectivity index (χ3n) is 4.34. The molecule has 26 heavy (non-hydrogen) atoms. The largest absolute Gasteiger partial charge is 0.376 e. The highest BCUT2D eigenvalue weighted by Gasteiger charge is 2.21. The molecule has 1 amide bonds. The van der Waals surface area contributed by atoms with Crippen molar-refractivity contribution in [2.24, 2.45) is 0 Å². The van der Waals surface area contributed by atoms with E-state index in [4.69, 9.17) is 0 Å². The van der Waals surface area contributed by atoms with Crippen LogP contribution in [0.1, 0.15) is 6.42 Å². The minimum atomic E-state index is -0.279. The van der Waals surface area contributed by atoms with Crippen molar-refractivity contribution >= 4 is 17.5 Å². The zero-order valence-electron chi connectivity index (χ0n) is 15.1. The van der Waals surface area contributed by atoms with Crippen LogP contribution in [0.5, 0.6) is 0 Å². The zero-order chi connectivity index (χ0) is 18.5.